The molecule has 0 amide bonds. The van der Waals surface area contributed by atoms with E-state index in [2.05, 4.69) is 0 Å². The minimum atomic E-state index is -0.219. The van der Waals surface area contributed by atoms with Crippen LogP contribution in [0.1, 0.15) is 18.5 Å². The first-order valence-electron chi connectivity index (χ1n) is 5.28. The summed E-state index contributed by atoms with van der Waals surface area (Å²) in [5.74, 6) is -0.219. The highest BCUT2D eigenvalue weighted by Gasteiger charge is 2.03. The molecule has 82 valence electrons. The first kappa shape index (κ1) is 10.8. The zero-order chi connectivity index (χ0) is 11.5. The zero-order valence-electron chi connectivity index (χ0n) is 9.15. The molecular weight excluding hydrogens is 201 g/mol. The monoisotopic (exact) mass is 215 g/mol. The Balaban J connectivity index is 2.44. The standard InChI is InChI=1S/C14H14FN/c1-10(16)11-4-2-5-12(8-11)13-6-3-7-14(15)9-13/h2-10H,16H2,1H3. The summed E-state index contributed by atoms with van der Waals surface area (Å²) < 4.78 is 13.1. The fourth-order valence-corrected chi connectivity index (χ4v) is 1.67. The molecule has 0 aliphatic rings. The van der Waals surface area contributed by atoms with E-state index in [-0.39, 0.29) is 11.9 Å². The third-order valence-electron chi connectivity index (χ3n) is 2.57. The highest BCUT2D eigenvalue weighted by atomic mass is 19.1. The second-order valence-electron chi connectivity index (χ2n) is 3.92. The van der Waals surface area contributed by atoms with Crippen LogP contribution in [0, 0.1) is 5.82 Å². The Kier molecular flexibility index (Phi) is 3.02. The second kappa shape index (κ2) is 4.45. The van der Waals surface area contributed by atoms with Gasteiger partial charge in [0.2, 0.25) is 0 Å². The molecule has 0 aliphatic carbocycles. The van der Waals surface area contributed by atoms with Crippen molar-refractivity contribution >= 4 is 0 Å². The van der Waals surface area contributed by atoms with Crippen LogP contribution in [-0.2, 0) is 0 Å². The topological polar surface area (TPSA) is 26.0 Å². The van der Waals surface area contributed by atoms with Gasteiger partial charge in [-0.3, -0.25) is 0 Å². The molecule has 0 saturated carbocycles. The van der Waals surface area contributed by atoms with Gasteiger partial charge in [-0.05, 0) is 41.8 Å². The lowest BCUT2D eigenvalue weighted by Gasteiger charge is -2.08. The summed E-state index contributed by atoms with van der Waals surface area (Å²) in [7, 11) is 0. The number of hydrogen-bond donors (Lipinski definition) is 1. The lowest BCUT2D eigenvalue weighted by molar-refractivity contribution is 0.628. The Morgan fingerprint density at radius 2 is 1.62 bits per heavy atom. The van der Waals surface area contributed by atoms with E-state index in [1.54, 1.807) is 6.07 Å². The summed E-state index contributed by atoms with van der Waals surface area (Å²) in [6.07, 6.45) is 0. The highest BCUT2D eigenvalue weighted by molar-refractivity contribution is 5.64. The Hall–Kier alpha value is -1.67. The van der Waals surface area contributed by atoms with Crippen LogP contribution in [0.3, 0.4) is 0 Å². The van der Waals surface area contributed by atoms with E-state index in [0.29, 0.717) is 0 Å². The van der Waals surface area contributed by atoms with E-state index in [1.165, 1.54) is 12.1 Å². The van der Waals surface area contributed by atoms with Gasteiger partial charge in [-0.15, -0.1) is 0 Å². The predicted molar refractivity (Wildman–Crippen MR) is 64.4 cm³/mol. The Morgan fingerprint density at radius 3 is 2.25 bits per heavy atom. The van der Waals surface area contributed by atoms with E-state index < -0.39 is 0 Å². The average Bonchev–Trinajstić information content (AvgIpc) is 2.29. The molecule has 2 aromatic rings. The third-order valence-corrected chi connectivity index (χ3v) is 2.57. The molecule has 2 N–H and O–H groups in total. The molecule has 0 fully saturated rings. The van der Waals surface area contributed by atoms with Gasteiger partial charge in [0.15, 0.2) is 0 Å². The normalized spacial score (nSPS) is 12.4. The number of benzene rings is 2. The molecule has 2 aromatic carbocycles. The van der Waals surface area contributed by atoms with Crippen LogP contribution < -0.4 is 5.73 Å². The van der Waals surface area contributed by atoms with E-state index in [9.17, 15) is 4.39 Å². The Labute approximate surface area is 94.7 Å². The molecule has 0 aromatic heterocycles. The summed E-state index contributed by atoms with van der Waals surface area (Å²) in [6.45, 7) is 1.94. The Morgan fingerprint density at radius 1 is 1.00 bits per heavy atom. The largest absolute Gasteiger partial charge is 0.324 e. The van der Waals surface area contributed by atoms with Gasteiger partial charge in [0.25, 0.3) is 0 Å². The van der Waals surface area contributed by atoms with Crippen molar-refractivity contribution in [2.75, 3.05) is 0 Å². The molecule has 16 heavy (non-hydrogen) atoms. The van der Waals surface area contributed by atoms with Gasteiger partial charge < -0.3 is 5.73 Å². The smallest absolute Gasteiger partial charge is 0.123 e. The van der Waals surface area contributed by atoms with Crippen LogP contribution in [0.15, 0.2) is 48.5 Å². The minimum Gasteiger partial charge on any atom is -0.324 e. The van der Waals surface area contributed by atoms with Gasteiger partial charge in [0, 0.05) is 6.04 Å². The van der Waals surface area contributed by atoms with Gasteiger partial charge in [0.1, 0.15) is 5.82 Å². The van der Waals surface area contributed by atoms with Crippen molar-refractivity contribution in [2.45, 2.75) is 13.0 Å². The van der Waals surface area contributed by atoms with Crippen molar-refractivity contribution in [3.05, 3.63) is 59.9 Å². The molecule has 0 heterocycles. The van der Waals surface area contributed by atoms with Crippen molar-refractivity contribution in [1.29, 1.82) is 0 Å². The summed E-state index contributed by atoms with van der Waals surface area (Å²) in [5.41, 5.74) is 8.75. The van der Waals surface area contributed by atoms with Crippen molar-refractivity contribution < 1.29 is 4.39 Å². The predicted octanol–water partition coefficient (Wildman–Crippen LogP) is 3.51. The van der Waals surface area contributed by atoms with E-state index in [4.69, 9.17) is 5.73 Å². The first-order valence-corrected chi connectivity index (χ1v) is 5.28. The second-order valence-corrected chi connectivity index (χ2v) is 3.92. The molecule has 1 nitrogen and oxygen atoms in total. The van der Waals surface area contributed by atoms with Crippen LogP contribution in [0.25, 0.3) is 11.1 Å². The van der Waals surface area contributed by atoms with Gasteiger partial charge in [-0.1, -0.05) is 30.3 Å². The molecule has 0 bridgehead atoms. The van der Waals surface area contributed by atoms with Gasteiger partial charge in [0.05, 0.1) is 0 Å². The maximum atomic E-state index is 13.1. The fraction of sp³-hybridized carbons (Fsp3) is 0.143. The highest BCUT2D eigenvalue weighted by Crippen LogP contribution is 2.22. The SMILES string of the molecule is CC(N)c1cccc(-c2cccc(F)c2)c1. The summed E-state index contributed by atoms with van der Waals surface area (Å²) in [4.78, 5) is 0. The molecule has 0 radical (unpaired) electrons. The Bertz CT molecular complexity index is 492. The lowest BCUT2D eigenvalue weighted by atomic mass is 10.0. The molecule has 0 aliphatic heterocycles. The van der Waals surface area contributed by atoms with E-state index >= 15 is 0 Å². The van der Waals surface area contributed by atoms with Crippen molar-refractivity contribution in [3.63, 3.8) is 0 Å². The fourth-order valence-electron chi connectivity index (χ4n) is 1.67. The minimum absolute atomic E-state index is 0.00601. The van der Waals surface area contributed by atoms with Crippen molar-refractivity contribution in [3.8, 4) is 11.1 Å². The average molecular weight is 215 g/mol. The number of halogens is 1. The van der Waals surface area contributed by atoms with Crippen LogP contribution in [-0.4, -0.2) is 0 Å². The number of rotatable bonds is 2. The van der Waals surface area contributed by atoms with Crippen LogP contribution in [0.5, 0.6) is 0 Å². The zero-order valence-corrected chi connectivity index (χ0v) is 9.15. The lowest BCUT2D eigenvalue weighted by Crippen LogP contribution is -2.04. The maximum Gasteiger partial charge on any atom is 0.123 e. The van der Waals surface area contributed by atoms with Crippen LogP contribution >= 0.6 is 0 Å². The van der Waals surface area contributed by atoms with Crippen LogP contribution in [0.2, 0.25) is 0 Å². The van der Waals surface area contributed by atoms with Gasteiger partial charge >= 0.3 is 0 Å². The summed E-state index contributed by atoms with van der Waals surface area (Å²) >= 11 is 0. The third kappa shape index (κ3) is 2.28. The van der Waals surface area contributed by atoms with E-state index in [0.717, 1.165) is 16.7 Å². The van der Waals surface area contributed by atoms with Gasteiger partial charge in [-0.25, -0.2) is 4.39 Å². The maximum absolute atomic E-state index is 13.1. The quantitative estimate of drug-likeness (QED) is 0.815. The van der Waals surface area contributed by atoms with Crippen LogP contribution in [0.4, 0.5) is 4.39 Å². The van der Waals surface area contributed by atoms with Gasteiger partial charge in [-0.2, -0.15) is 0 Å². The first-order chi connectivity index (χ1) is 7.66. The number of hydrogen-bond acceptors (Lipinski definition) is 1. The molecule has 2 rings (SSSR count). The van der Waals surface area contributed by atoms with Crippen molar-refractivity contribution in [2.24, 2.45) is 5.73 Å². The molecule has 1 unspecified atom stereocenters. The molecule has 0 saturated heterocycles. The number of nitrogens with two attached hydrogens (primary N) is 1. The summed E-state index contributed by atoms with van der Waals surface area (Å²) in [6, 6.07) is 14.5. The van der Waals surface area contributed by atoms with Crippen molar-refractivity contribution in [1.82, 2.24) is 0 Å². The summed E-state index contributed by atoms with van der Waals surface area (Å²) in [5, 5.41) is 0. The molecule has 2 heteroatoms. The molecule has 0 spiro atoms. The van der Waals surface area contributed by atoms with E-state index in [1.807, 2.05) is 37.3 Å². The molecule has 1 atom stereocenters. The molecular formula is C14H14FN.